The monoisotopic (exact) mass is 227 g/mol. The van der Waals surface area contributed by atoms with Gasteiger partial charge in [0.25, 0.3) is 0 Å². The van der Waals surface area contributed by atoms with Crippen LogP contribution in [0.2, 0.25) is 0 Å². The zero-order valence-corrected chi connectivity index (χ0v) is 10.3. The van der Waals surface area contributed by atoms with Crippen molar-refractivity contribution in [1.82, 2.24) is 5.32 Å². The predicted molar refractivity (Wildman–Crippen MR) is 68.5 cm³/mol. The van der Waals surface area contributed by atoms with Crippen LogP contribution < -0.4 is 5.32 Å². The Labute approximate surface area is 102 Å². The smallest absolute Gasteiger partial charge is 0.178 e. The fourth-order valence-electron chi connectivity index (χ4n) is 2.89. The van der Waals surface area contributed by atoms with E-state index in [4.69, 9.17) is 0 Å². The maximum atomic E-state index is 11.9. The number of aryl methyl sites for hydroxylation is 1. The van der Waals surface area contributed by atoms with E-state index in [-0.39, 0.29) is 11.8 Å². The molecule has 1 aliphatic heterocycles. The zero-order valence-electron chi connectivity index (χ0n) is 10.3. The van der Waals surface area contributed by atoms with Crippen LogP contribution in [0.5, 0.6) is 0 Å². The van der Waals surface area contributed by atoms with Gasteiger partial charge in [0.2, 0.25) is 0 Å². The third-order valence-electron chi connectivity index (χ3n) is 3.77. The molecule has 0 spiro atoms. The van der Waals surface area contributed by atoms with E-state index in [0.717, 1.165) is 18.5 Å². The number of allylic oxidation sites excluding steroid dienone is 2. The van der Waals surface area contributed by atoms with Crippen molar-refractivity contribution in [2.24, 2.45) is 0 Å². The Morgan fingerprint density at radius 2 is 2.12 bits per heavy atom. The summed E-state index contributed by atoms with van der Waals surface area (Å²) in [6, 6.07) is 6.79. The largest absolute Gasteiger partial charge is 0.375 e. The van der Waals surface area contributed by atoms with Crippen LogP contribution in [0.15, 0.2) is 23.9 Å². The molecule has 1 N–H and O–H groups in total. The van der Waals surface area contributed by atoms with Gasteiger partial charge in [0, 0.05) is 12.5 Å². The molecule has 0 saturated heterocycles. The SMILES string of the molecule is Cc1ccc2c(c1)C(C)NC1=C2CCCC1=O. The Morgan fingerprint density at radius 3 is 2.94 bits per heavy atom. The number of hydrogen-bond acceptors (Lipinski definition) is 2. The molecule has 1 heterocycles. The molecule has 88 valence electrons. The van der Waals surface area contributed by atoms with E-state index in [2.05, 4.69) is 37.4 Å². The van der Waals surface area contributed by atoms with Gasteiger partial charge >= 0.3 is 0 Å². The van der Waals surface area contributed by atoms with Crippen LogP contribution in [0.1, 0.15) is 48.9 Å². The summed E-state index contributed by atoms with van der Waals surface area (Å²) in [4.78, 5) is 11.9. The molecular formula is C15H17NO. The fraction of sp³-hybridized carbons (Fsp3) is 0.400. The summed E-state index contributed by atoms with van der Waals surface area (Å²) in [6.45, 7) is 4.24. The minimum absolute atomic E-state index is 0.241. The second-order valence-electron chi connectivity index (χ2n) is 5.09. The number of carbonyl (C=O) groups excluding carboxylic acids is 1. The first-order chi connectivity index (χ1) is 8.16. The second-order valence-corrected chi connectivity index (χ2v) is 5.09. The highest BCUT2D eigenvalue weighted by Crippen LogP contribution is 2.38. The molecule has 0 aromatic heterocycles. The quantitative estimate of drug-likeness (QED) is 0.737. The first-order valence-corrected chi connectivity index (χ1v) is 6.30. The van der Waals surface area contributed by atoms with Gasteiger partial charge in [0.05, 0.1) is 5.70 Å². The Kier molecular flexibility index (Phi) is 2.32. The van der Waals surface area contributed by atoms with Crippen LogP contribution in [0.4, 0.5) is 0 Å². The van der Waals surface area contributed by atoms with E-state index in [0.29, 0.717) is 6.42 Å². The molecule has 0 amide bonds. The number of carbonyl (C=O) groups is 1. The summed E-state index contributed by atoms with van der Waals surface area (Å²) in [5.41, 5.74) is 6.00. The standard InChI is InChI=1S/C15H17NO/c1-9-6-7-11-12-4-3-5-14(17)15(12)16-10(2)13(11)8-9/h6-8,10,16H,3-5H2,1-2H3. The molecule has 2 aliphatic rings. The van der Waals surface area contributed by atoms with E-state index in [1.165, 1.54) is 22.3 Å². The van der Waals surface area contributed by atoms with Gasteiger partial charge in [-0.3, -0.25) is 4.79 Å². The zero-order chi connectivity index (χ0) is 12.0. The number of ketones is 1. The number of nitrogens with one attached hydrogen (secondary N) is 1. The molecule has 1 atom stereocenters. The van der Waals surface area contributed by atoms with Gasteiger partial charge in [-0.2, -0.15) is 0 Å². The van der Waals surface area contributed by atoms with Gasteiger partial charge in [-0.1, -0.05) is 23.8 Å². The molecule has 1 aliphatic carbocycles. The first kappa shape index (κ1) is 10.6. The maximum absolute atomic E-state index is 11.9. The van der Waals surface area contributed by atoms with Gasteiger partial charge < -0.3 is 5.32 Å². The highest BCUT2D eigenvalue weighted by molar-refractivity contribution is 6.04. The summed E-state index contributed by atoms with van der Waals surface area (Å²) in [5.74, 6) is 0.282. The molecule has 1 aromatic carbocycles. The second kappa shape index (κ2) is 3.73. The summed E-state index contributed by atoms with van der Waals surface area (Å²) in [7, 11) is 0. The normalized spacial score (nSPS) is 22.9. The van der Waals surface area contributed by atoms with Crippen molar-refractivity contribution in [2.75, 3.05) is 0 Å². The number of benzene rings is 1. The van der Waals surface area contributed by atoms with Crippen LogP contribution in [0, 0.1) is 6.92 Å². The van der Waals surface area contributed by atoms with Gasteiger partial charge in [-0.15, -0.1) is 0 Å². The van der Waals surface area contributed by atoms with Crippen molar-refractivity contribution in [3.05, 3.63) is 40.6 Å². The summed E-state index contributed by atoms with van der Waals surface area (Å²) in [5, 5.41) is 3.38. The lowest BCUT2D eigenvalue weighted by Crippen LogP contribution is -2.31. The molecule has 1 aromatic rings. The first-order valence-electron chi connectivity index (χ1n) is 6.30. The van der Waals surface area contributed by atoms with Gasteiger partial charge in [-0.25, -0.2) is 0 Å². The Balaban J connectivity index is 2.20. The number of Topliss-reactive ketones (excluding diaryl/α,β-unsaturated/α-hetero) is 1. The lowest BCUT2D eigenvalue weighted by atomic mass is 9.82. The molecule has 0 fully saturated rings. The summed E-state index contributed by atoms with van der Waals surface area (Å²) >= 11 is 0. The van der Waals surface area contributed by atoms with Crippen molar-refractivity contribution in [3.63, 3.8) is 0 Å². The van der Waals surface area contributed by atoms with E-state index in [1.54, 1.807) is 0 Å². The van der Waals surface area contributed by atoms with Gasteiger partial charge in [0.1, 0.15) is 0 Å². The van der Waals surface area contributed by atoms with Crippen LogP contribution >= 0.6 is 0 Å². The highest BCUT2D eigenvalue weighted by Gasteiger charge is 2.29. The molecule has 2 heteroatoms. The topological polar surface area (TPSA) is 29.1 Å². The van der Waals surface area contributed by atoms with E-state index in [1.807, 2.05) is 0 Å². The molecule has 0 saturated carbocycles. The average molecular weight is 227 g/mol. The fourth-order valence-corrected chi connectivity index (χ4v) is 2.89. The average Bonchev–Trinajstić information content (AvgIpc) is 2.31. The van der Waals surface area contributed by atoms with Crippen molar-refractivity contribution in [3.8, 4) is 0 Å². The predicted octanol–water partition coefficient (Wildman–Crippen LogP) is 3.12. The summed E-state index contributed by atoms with van der Waals surface area (Å²) in [6.07, 6.45) is 2.71. The minimum Gasteiger partial charge on any atom is -0.375 e. The minimum atomic E-state index is 0.241. The van der Waals surface area contributed by atoms with Crippen molar-refractivity contribution < 1.29 is 4.79 Å². The van der Waals surface area contributed by atoms with E-state index >= 15 is 0 Å². The molecule has 17 heavy (non-hydrogen) atoms. The van der Waals surface area contributed by atoms with Crippen LogP contribution in [0.3, 0.4) is 0 Å². The van der Waals surface area contributed by atoms with Crippen molar-refractivity contribution in [1.29, 1.82) is 0 Å². The van der Waals surface area contributed by atoms with E-state index in [9.17, 15) is 4.79 Å². The number of hydrogen-bond donors (Lipinski definition) is 1. The van der Waals surface area contributed by atoms with Crippen molar-refractivity contribution in [2.45, 2.75) is 39.2 Å². The molecule has 3 rings (SSSR count). The number of rotatable bonds is 0. The lowest BCUT2D eigenvalue weighted by molar-refractivity contribution is -0.116. The molecule has 1 unspecified atom stereocenters. The molecule has 2 nitrogen and oxygen atoms in total. The Hall–Kier alpha value is -1.57. The Bertz CT molecular complexity index is 528. The van der Waals surface area contributed by atoms with Gasteiger partial charge in [-0.05, 0) is 43.4 Å². The molecular weight excluding hydrogens is 210 g/mol. The third-order valence-corrected chi connectivity index (χ3v) is 3.77. The van der Waals surface area contributed by atoms with Crippen LogP contribution in [-0.4, -0.2) is 5.78 Å². The van der Waals surface area contributed by atoms with Crippen LogP contribution in [0.25, 0.3) is 5.57 Å². The lowest BCUT2D eigenvalue weighted by Gasteiger charge is -2.32. The Morgan fingerprint density at radius 1 is 1.29 bits per heavy atom. The molecule has 0 radical (unpaired) electrons. The van der Waals surface area contributed by atoms with Crippen LogP contribution in [-0.2, 0) is 4.79 Å². The third kappa shape index (κ3) is 1.59. The van der Waals surface area contributed by atoms with Gasteiger partial charge in [0.15, 0.2) is 5.78 Å². The summed E-state index contributed by atoms with van der Waals surface area (Å²) < 4.78 is 0. The number of fused-ring (bicyclic) bond motifs is 2. The van der Waals surface area contributed by atoms with Crippen molar-refractivity contribution >= 4 is 11.4 Å². The van der Waals surface area contributed by atoms with E-state index < -0.39 is 0 Å². The highest BCUT2D eigenvalue weighted by atomic mass is 16.1. The maximum Gasteiger partial charge on any atom is 0.178 e. The molecule has 0 bridgehead atoms.